The first-order valence-corrected chi connectivity index (χ1v) is 6.01. The van der Waals surface area contributed by atoms with Crippen LogP contribution < -0.4 is 21.1 Å². The maximum atomic E-state index is 11.4. The molecule has 0 spiro atoms. The summed E-state index contributed by atoms with van der Waals surface area (Å²) >= 11 is 0. The summed E-state index contributed by atoms with van der Waals surface area (Å²) in [5.74, 6) is 0.802. The molecule has 0 aromatic heterocycles. The third-order valence-electron chi connectivity index (χ3n) is 2.21. The Bertz CT molecular complexity index is 446. The number of rotatable bonds is 5. The number of methoxy groups -OCH3 is 1. The molecule has 6 nitrogen and oxygen atoms in total. The quantitative estimate of drug-likeness (QED) is 0.403. The van der Waals surface area contributed by atoms with E-state index >= 15 is 0 Å². The minimum atomic E-state index is -0.158. The topological polar surface area (TPSA) is 88.7 Å². The zero-order valence-electron chi connectivity index (χ0n) is 11.8. The predicted molar refractivity (Wildman–Crippen MR) is 91.8 cm³/mol. The van der Waals surface area contributed by atoms with Gasteiger partial charge in [-0.3, -0.25) is 4.79 Å². The molecule has 1 rings (SSSR count). The molecule has 20 heavy (non-hydrogen) atoms. The number of aliphatic imine (C=N–C) groups is 1. The number of amides is 1. The van der Waals surface area contributed by atoms with E-state index in [-0.39, 0.29) is 48.4 Å². The van der Waals surface area contributed by atoms with Gasteiger partial charge in [0.15, 0.2) is 5.96 Å². The Morgan fingerprint density at radius 3 is 2.45 bits per heavy atom. The fourth-order valence-corrected chi connectivity index (χ4v) is 1.39. The van der Waals surface area contributed by atoms with Crippen molar-refractivity contribution in [2.75, 3.05) is 19.0 Å². The fourth-order valence-electron chi connectivity index (χ4n) is 1.39. The van der Waals surface area contributed by atoms with Crippen molar-refractivity contribution in [1.82, 2.24) is 5.32 Å². The van der Waals surface area contributed by atoms with Crippen LogP contribution in [0.2, 0.25) is 0 Å². The first kappa shape index (κ1) is 18.5. The number of nitrogens with one attached hydrogen (secondary N) is 2. The van der Waals surface area contributed by atoms with Gasteiger partial charge in [0.2, 0.25) is 5.91 Å². The summed E-state index contributed by atoms with van der Waals surface area (Å²) in [6, 6.07) is 7.34. The van der Waals surface area contributed by atoms with Gasteiger partial charge in [-0.2, -0.15) is 0 Å². The van der Waals surface area contributed by atoms with Crippen LogP contribution in [0.1, 0.15) is 13.8 Å². The monoisotopic (exact) mass is 392 g/mol. The lowest BCUT2D eigenvalue weighted by molar-refractivity contribution is -0.120. The zero-order valence-corrected chi connectivity index (χ0v) is 14.2. The van der Waals surface area contributed by atoms with Gasteiger partial charge in [-0.1, -0.05) is 0 Å². The summed E-state index contributed by atoms with van der Waals surface area (Å²) in [6.45, 7) is 3.79. The highest BCUT2D eigenvalue weighted by molar-refractivity contribution is 14.0. The molecule has 0 unspecified atom stereocenters. The van der Waals surface area contributed by atoms with E-state index < -0.39 is 0 Å². The second-order valence-electron chi connectivity index (χ2n) is 4.28. The summed E-state index contributed by atoms with van der Waals surface area (Å²) in [5.41, 5.74) is 6.47. The lowest BCUT2D eigenvalue weighted by atomic mass is 10.3. The van der Waals surface area contributed by atoms with Crippen molar-refractivity contribution in [3.63, 3.8) is 0 Å². The molecule has 0 saturated heterocycles. The van der Waals surface area contributed by atoms with Crippen molar-refractivity contribution >= 4 is 41.5 Å². The fraction of sp³-hybridized carbons (Fsp3) is 0.385. The van der Waals surface area contributed by atoms with E-state index in [0.29, 0.717) is 0 Å². The first-order valence-electron chi connectivity index (χ1n) is 6.01. The van der Waals surface area contributed by atoms with E-state index in [2.05, 4.69) is 15.6 Å². The molecule has 0 heterocycles. The largest absolute Gasteiger partial charge is 0.497 e. The average Bonchev–Trinajstić information content (AvgIpc) is 2.36. The Kier molecular flexibility index (Phi) is 8.69. The SMILES string of the molecule is COc1ccc(NC(N)=NCC(=O)NC(C)C)cc1.I. The number of hydrogen-bond acceptors (Lipinski definition) is 3. The number of carbonyl (C=O) groups excluding carboxylic acids is 1. The summed E-state index contributed by atoms with van der Waals surface area (Å²) in [7, 11) is 1.60. The van der Waals surface area contributed by atoms with E-state index in [9.17, 15) is 4.79 Å². The Labute approximate surface area is 136 Å². The molecule has 0 aliphatic carbocycles. The minimum Gasteiger partial charge on any atom is -0.497 e. The van der Waals surface area contributed by atoms with Gasteiger partial charge in [0.25, 0.3) is 0 Å². The summed E-state index contributed by atoms with van der Waals surface area (Å²) in [5, 5.41) is 5.63. The van der Waals surface area contributed by atoms with E-state index in [1.54, 1.807) is 19.2 Å². The van der Waals surface area contributed by atoms with Crippen LogP contribution in [0.5, 0.6) is 5.75 Å². The second kappa shape index (κ2) is 9.40. The number of anilines is 1. The van der Waals surface area contributed by atoms with Crippen molar-refractivity contribution in [2.45, 2.75) is 19.9 Å². The van der Waals surface area contributed by atoms with Crippen LogP contribution >= 0.6 is 24.0 Å². The predicted octanol–water partition coefficient (Wildman–Crippen LogP) is 1.56. The van der Waals surface area contributed by atoms with E-state index in [0.717, 1.165) is 11.4 Å². The van der Waals surface area contributed by atoms with Gasteiger partial charge in [-0.15, -0.1) is 24.0 Å². The molecule has 1 aromatic rings. The molecular formula is C13H21IN4O2. The Morgan fingerprint density at radius 2 is 1.95 bits per heavy atom. The summed E-state index contributed by atoms with van der Waals surface area (Å²) in [4.78, 5) is 15.3. The molecule has 0 aliphatic rings. The van der Waals surface area contributed by atoms with Crippen LogP contribution in [0.15, 0.2) is 29.3 Å². The van der Waals surface area contributed by atoms with Crippen LogP contribution in [0.25, 0.3) is 0 Å². The molecule has 0 atom stereocenters. The van der Waals surface area contributed by atoms with E-state index in [4.69, 9.17) is 10.5 Å². The standard InChI is InChI=1S/C13H20N4O2.HI/c1-9(2)16-12(18)8-15-13(14)17-10-4-6-11(19-3)7-5-10;/h4-7,9H,8H2,1-3H3,(H,16,18)(H3,14,15,17);1H. The minimum absolute atomic E-state index is 0. The van der Waals surface area contributed by atoms with Gasteiger partial charge in [0.05, 0.1) is 7.11 Å². The molecule has 0 bridgehead atoms. The molecular weight excluding hydrogens is 371 g/mol. The Morgan fingerprint density at radius 1 is 1.35 bits per heavy atom. The van der Waals surface area contributed by atoms with Gasteiger partial charge in [-0.25, -0.2) is 4.99 Å². The second-order valence-corrected chi connectivity index (χ2v) is 4.28. The Balaban J connectivity index is 0.00000361. The number of benzene rings is 1. The van der Waals surface area contributed by atoms with Crippen molar-refractivity contribution < 1.29 is 9.53 Å². The lowest BCUT2D eigenvalue weighted by Gasteiger charge is -2.08. The van der Waals surface area contributed by atoms with E-state index in [1.807, 2.05) is 26.0 Å². The molecule has 0 aliphatic heterocycles. The normalized spacial score (nSPS) is 10.7. The van der Waals surface area contributed by atoms with Gasteiger partial charge in [0, 0.05) is 11.7 Å². The third kappa shape index (κ3) is 7.17. The van der Waals surface area contributed by atoms with Crippen LogP contribution in [0.3, 0.4) is 0 Å². The van der Waals surface area contributed by atoms with Crippen LogP contribution in [-0.2, 0) is 4.79 Å². The molecule has 112 valence electrons. The third-order valence-corrected chi connectivity index (χ3v) is 2.21. The summed E-state index contributed by atoms with van der Waals surface area (Å²) < 4.78 is 5.05. The average molecular weight is 392 g/mol. The highest BCUT2D eigenvalue weighted by atomic mass is 127. The number of hydrogen-bond donors (Lipinski definition) is 3. The summed E-state index contributed by atoms with van der Waals surface area (Å²) in [6.07, 6.45) is 0. The molecule has 0 radical (unpaired) electrons. The molecule has 4 N–H and O–H groups in total. The van der Waals surface area contributed by atoms with Crippen LogP contribution in [-0.4, -0.2) is 31.6 Å². The molecule has 1 amide bonds. The number of nitrogens with two attached hydrogens (primary N) is 1. The molecule has 0 fully saturated rings. The van der Waals surface area contributed by atoms with Gasteiger partial charge in [-0.05, 0) is 38.1 Å². The maximum Gasteiger partial charge on any atom is 0.242 e. The zero-order chi connectivity index (χ0) is 14.3. The lowest BCUT2D eigenvalue weighted by Crippen LogP contribution is -2.33. The highest BCUT2D eigenvalue weighted by Gasteiger charge is 2.02. The van der Waals surface area contributed by atoms with Crippen molar-refractivity contribution in [2.24, 2.45) is 10.7 Å². The van der Waals surface area contributed by atoms with Gasteiger partial charge >= 0.3 is 0 Å². The number of ether oxygens (including phenoxy) is 1. The van der Waals surface area contributed by atoms with Crippen LogP contribution in [0.4, 0.5) is 5.69 Å². The molecule has 1 aromatic carbocycles. The molecule has 7 heteroatoms. The number of guanidine groups is 1. The van der Waals surface area contributed by atoms with Crippen molar-refractivity contribution in [3.05, 3.63) is 24.3 Å². The molecule has 0 saturated carbocycles. The van der Waals surface area contributed by atoms with Crippen molar-refractivity contribution in [3.8, 4) is 5.75 Å². The van der Waals surface area contributed by atoms with Crippen molar-refractivity contribution in [1.29, 1.82) is 0 Å². The van der Waals surface area contributed by atoms with Gasteiger partial charge in [0.1, 0.15) is 12.3 Å². The highest BCUT2D eigenvalue weighted by Crippen LogP contribution is 2.14. The maximum absolute atomic E-state index is 11.4. The van der Waals surface area contributed by atoms with Gasteiger partial charge < -0.3 is 21.1 Å². The number of carbonyl (C=O) groups is 1. The smallest absolute Gasteiger partial charge is 0.242 e. The number of nitrogens with zero attached hydrogens (tertiary/aromatic N) is 1. The van der Waals surface area contributed by atoms with Crippen LogP contribution in [0, 0.1) is 0 Å². The Hall–Kier alpha value is -1.51. The number of halogens is 1. The van der Waals surface area contributed by atoms with E-state index in [1.165, 1.54) is 0 Å². The first-order chi connectivity index (χ1) is 9.01.